The summed E-state index contributed by atoms with van der Waals surface area (Å²) in [6, 6.07) is 0. The van der Waals surface area contributed by atoms with Crippen LogP contribution >= 0.6 is 0 Å². The maximum Gasteiger partial charge on any atom is 0.0503 e. The molecule has 3 heteroatoms. The molecule has 3 nitrogen and oxygen atoms in total. The summed E-state index contributed by atoms with van der Waals surface area (Å²) in [5.41, 5.74) is 6.53. The fourth-order valence-electron chi connectivity index (χ4n) is 3.74. The van der Waals surface area contributed by atoms with Crippen molar-refractivity contribution in [2.45, 2.75) is 44.9 Å². The molecule has 0 bridgehead atoms. The Morgan fingerprint density at radius 1 is 1.28 bits per heavy atom. The average Bonchev–Trinajstić information content (AvgIpc) is 2.86. The molecule has 1 unspecified atom stereocenters. The molecule has 1 saturated carbocycles. The van der Waals surface area contributed by atoms with Crippen LogP contribution in [-0.4, -0.2) is 44.8 Å². The fourth-order valence-corrected chi connectivity index (χ4v) is 3.74. The van der Waals surface area contributed by atoms with Crippen LogP contribution in [0.3, 0.4) is 0 Å². The number of hydrogen-bond acceptors (Lipinski definition) is 3. The van der Waals surface area contributed by atoms with Crippen molar-refractivity contribution in [2.75, 3.05) is 39.9 Å². The van der Waals surface area contributed by atoms with Gasteiger partial charge in [0.25, 0.3) is 0 Å². The molecule has 2 aliphatic rings. The van der Waals surface area contributed by atoms with Crippen molar-refractivity contribution in [1.29, 1.82) is 0 Å². The van der Waals surface area contributed by atoms with E-state index in [1.807, 2.05) is 7.11 Å². The van der Waals surface area contributed by atoms with Crippen LogP contribution in [-0.2, 0) is 4.74 Å². The van der Waals surface area contributed by atoms with Gasteiger partial charge >= 0.3 is 0 Å². The van der Waals surface area contributed by atoms with E-state index < -0.39 is 0 Å². The zero-order valence-corrected chi connectivity index (χ0v) is 12.0. The summed E-state index contributed by atoms with van der Waals surface area (Å²) in [7, 11) is 1.81. The minimum atomic E-state index is 0.470. The summed E-state index contributed by atoms with van der Waals surface area (Å²) in [5, 5.41) is 0. The topological polar surface area (TPSA) is 38.5 Å². The second-order valence-electron chi connectivity index (χ2n) is 6.43. The molecule has 0 spiro atoms. The summed E-state index contributed by atoms with van der Waals surface area (Å²) in [5.74, 6) is 0.759. The van der Waals surface area contributed by atoms with E-state index in [-0.39, 0.29) is 0 Å². The molecule has 18 heavy (non-hydrogen) atoms. The van der Waals surface area contributed by atoms with Gasteiger partial charge < -0.3 is 15.4 Å². The van der Waals surface area contributed by atoms with E-state index in [9.17, 15) is 0 Å². The van der Waals surface area contributed by atoms with Crippen LogP contribution in [0.4, 0.5) is 0 Å². The Hall–Kier alpha value is -0.120. The average molecular weight is 254 g/mol. The Balaban J connectivity index is 1.73. The summed E-state index contributed by atoms with van der Waals surface area (Å²) < 4.78 is 5.26. The molecule has 2 rings (SSSR count). The first-order valence-electron chi connectivity index (χ1n) is 7.69. The van der Waals surface area contributed by atoms with Gasteiger partial charge in [-0.3, -0.25) is 0 Å². The number of likely N-dealkylation sites (tertiary alicyclic amines) is 1. The number of methoxy groups -OCH3 is 1. The predicted molar refractivity (Wildman–Crippen MR) is 75.6 cm³/mol. The molecule has 1 aliphatic heterocycles. The van der Waals surface area contributed by atoms with Crippen LogP contribution < -0.4 is 5.73 Å². The van der Waals surface area contributed by atoms with Gasteiger partial charge in [-0.2, -0.15) is 0 Å². The van der Waals surface area contributed by atoms with Gasteiger partial charge in [0.15, 0.2) is 0 Å². The lowest BCUT2D eigenvalue weighted by Gasteiger charge is -2.37. The van der Waals surface area contributed by atoms with Crippen molar-refractivity contribution in [2.24, 2.45) is 17.1 Å². The summed E-state index contributed by atoms with van der Waals surface area (Å²) >= 11 is 0. The number of ether oxygens (including phenoxy) is 1. The molecule has 2 fully saturated rings. The molecule has 1 aliphatic carbocycles. The monoisotopic (exact) mass is 254 g/mol. The van der Waals surface area contributed by atoms with Gasteiger partial charge in [-0.05, 0) is 56.7 Å². The zero-order chi connectivity index (χ0) is 12.8. The van der Waals surface area contributed by atoms with Crippen molar-refractivity contribution in [3.63, 3.8) is 0 Å². The number of nitrogens with zero attached hydrogens (tertiary/aromatic N) is 1. The molecule has 106 valence electrons. The number of hydrogen-bond donors (Lipinski definition) is 1. The summed E-state index contributed by atoms with van der Waals surface area (Å²) in [4.78, 5) is 2.62. The fraction of sp³-hybridized carbons (Fsp3) is 1.00. The van der Waals surface area contributed by atoms with Gasteiger partial charge in [0.2, 0.25) is 0 Å². The van der Waals surface area contributed by atoms with Crippen molar-refractivity contribution < 1.29 is 4.74 Å². The Labute approximate surface area is 112 Å². The minimum absolute atomic E-state index is 0.470. The highest BCUT2D eigenvalue weighted by molar-refractivity contribution is 4.86. The third kappa shape index (κ3) is 3.69. The van der Waals surface area contributed by atoms with E-state index in [1.54, 1.807) is 0 Å². The molecule has 0 aromatic carbocycles. The van der Waals surface area contributed by atoms with E-state index in [4.69, 9.17) is 10.5 Å². The van der Waals surface area contributed by atoms with Crippen LogP contribution in [0.2, 0.25) is 0 Å². The van der Waals surface area contributed by atoms with Crippen molar-refractivity contribution in [3.8, 4) is 0 Å². The van der Waals surface area contributed by atoms with E-state index in [0.717, 1.165) is 19.1 Å². The lowest BCUT2D eigenvalue weighted by molar-refractivity contribution is 0.139. The standard InChI is InChI=1S/C15H30N2O/c1-18-12-14-5-9-17(11-14)10-8-15(13-16)6-3-2-4-7-15/h14H,2-13,16H2,1H3. The zero-order valence-electron chi connectivity index (χ0n) is 12.0. The van der Waals surface area contributed by atoms with Crippen LogP contribution in [0, 0.1) is 11.3 Å². The van der Waals surface area contributed by atoms with Gasteiger partial charge in [-0.25, -0.2) is 0 Å². The molecule has 0 aromatic rings. The smallest absolute Gasteiger partial charge is 0.0503 e. The maximum absolute atomic E-state index is 6.06. The SMILES string of the molecule is COCC1CCN(CCC2(CN)CCCCC2)C1. The highest BCUT2D eigenvalue weighted by Gasteiger charge is 2.32. The Morgan fingerprint density at radius 3 is 2.72 bits per heavy atom. The van der Waals surface area contributed by atoms with Crippen LogP contribution in [0.25, 0.3) is 0 Å². The highest BCUT2D eigenvalue weighted by Crippen LogP contribution is 2.38. The Morgan fingerprint density at radius 2 is 2.06 bits per heavy atom. The second kappa shape index (κ2) is 6.88. The van der Waals surface area contributed by atoms with Crippen molar-refractivity contribution in [1.82, 2.24) is 4.90 Å². The first-order chi connectivity index (χ1) is 8.78. The van der Waals surface area contributed by atoms with E-state index in [0.29, 0.717) is 5.41 Å². The second-order valence-corrected chi connectivity index (χ2v) is 6.43. The van der Waals surface area contributed by atoms with Gasteiger partial charge in [-0.15, -0.1) is 0 Å². The van der Waals surface area contributed by atoms with Gasteiger partial charge in [-0.1, -0.05) is 19.3 Å². The lowest BCUT2D eigenvalue weighted by atomic mass is 9.72. The van der Waals surface area contributed by atoms with E-state index >= 15 is 0 Å². The number of rotatable bonds is 6. The van der Waals surface area contributed by atoms with Gasteiger partial charge in [0, 0.05) is 13.7 Å². The molecule has 1 heterocycles. The van der Waals surface area contributed by atoms with Crippen LogP contribution in [0.1, 0.15) is 44.9 Å². The van der Waals surface area contributed by atoms with Gasteiger partial charge in [0.05, 0.1) is 6.61 Å². The third-order valence-corrected chi connectivity index (χ3v) is 5.08. The van der Waals surface area contributed by atoms with Crippen molar-refractivity contribution in [3.05, 3.63) is 0 Å². The molecule has 2 N–H and O–H groups in total. The molecule has 1 saturated heterocycles. The van der Waals surface area contributed by atoms with E-state index in [1.165, 1.54) is 64.6 Å². The largest absolute Gasteiger partial charge is 0.384 e. The van der Waals surface area contributed by atoms with Gasteiger partial charge in [0.1, 0.15) is 0 Å². The minimum Gasteiger partial charge on any atom is -0.384 e. The lowest BCUT2D eigenvalue weighted by Crippen LogP contribution is -2.36. The quantitative estimate of drug-likeness (QED) is 0.790. The molecular formula is C15H30N2O. The number of nitrogens with two attached hydrogens (primary N) is 1. The first-order valence-corrected chi connectivity index (χ1v) is 7.69. The van der Waals surface area contributed by atoms with Crippen LogP contribution in [0.5, 0.6) is 0 Å². The third-order valence-electron chi connectivity index (χ3n) is 5.08. The summed E-state index contributed by atoms with van der Waals surface area (Å²) in [6.07, 6.45) is 9.54. The predicted octanol–water partition coefficient (Wildman–Crippen LogP) is 2.25. The molecule has 0 radical (unpaired) electrons. The van der Waals surface area contributed by atoms with Crippen molar-refractivity contribution >= 4 is 0 Å². The Bertz CT molecular complexity index is 239. The molecule has 0 aromatic heterocycles. The summed E-state index contributed by atoms with van der Waals surface area (Å²) in [6.45, 7) is 5.56. The van der Waals surface area contributed by atoms with E-state index in [2.05, 4.69) is 4.90 Å². The van der Waals surface area contributed by atoms with Crippen LogP contribution in [0.15, 0.2) is 0 Å². The normalized spacial score (nSPS) is 28.7. The maximum atomic E-state index is 6.06. The molecule has 0 amide bonds. The first kappa shape index (κ1) is 14.3. The molecular weight excluding hydrogens is 224 g/mol. The molecule has 1 atom stereocenters. The Kier molecular flexibility index (Phi) is 5.46. The highest BCUT2D eigenvalue weighted by atomic mass is 16.5.